The predicted molar refractivity (Wildman–Crippen MR) is 81.0 cm³/mol. The van der Waals surface area contributed by atoms with Gasteiger partial charge >= 0.3 is 0 Å². The Morgan fingerprint density at radius 2 is 1.89 bits per heavy atom. The lowest BCUT2D eigenvalue weighted by molar-refractivity contribution is 0.886. The van der Waals surface area contributed by atoms with Crippen LogP contribution in [0.3, 0.4) is 0 Å². The zero-order chi connectivity index (χ0) is 13.1. The van der Waals surface area contributed by atoms with Crippen LogP contribution in [-0.4, -0.2) is 17.0 Å². The van der Waals surface area contributed by atoms with Crippen LogP contribution in [0.4, 0.5) is 5.82 Å². The van der Waals surface area contributed by atoms with Crippen LogP contribution in [0, 0.1) is 0 Å². The molecule has 94 valence electrons. The smallest absolute Gasteiger partial charge is 0.224 e. The highest BCUT2D eigenvalue weighted by atomic mass is 79.9. The van der Waals surface area contributed by atoms with Crippen LogP contribution in [0.5, 0.6) is 0 Å². The molecule has 1 heterocycles. The van der Waals surface area contributed by atoms with E-state index in [0.717, 1.165) is 21.3 Å². The summed E-state index contributed by atoms with van der Waals surface area (Å²) in [5.41, 5.74) is 1.20. The molecule has 2 rings (SSSR count). The minimum atomic E-state index is 0.246. The Labute approximate surface area is 127 Å². The monoisotopic (exact) mass is 389 g/mol. The maximum absolute atomic E-state index is 5.81. The molecule has 0 aliphatic heterocycles. The van der Waals surface area contributed by atoms with Crippen LogP contribution in [-0.2, 0) is 6.54 Å². The number of hydrogen-bond donors (Lipinski definition) is 0. The van der Waals surface area contributed by atoms with E-state index in [4.69, 9.17) is 11.6 Å². The van der Waals surface area contributed by atoms with E-state index in [0.29, 0.717) is 0 Å². The summed E-state index contributed by atoms with van der Waals surface area (Å²) in [6.45, 7) is 0.749. The summed E-state index contributed by atoms with van der Waals surface area (Å²) in [6.07, 6.45) is 1.66. The Morgan fingerprint density at radius 3 is 2.56 bits per heavy atom. The molecule has 0 unspecified atom stereocenters. The zero-order valence-corrected chi connectivity index (χ0v) is 13.5. The SMILES string of the molecule is CN(Cc1ccc(Br)cc1)c1nc(Cl)ncc1Br. The van der Waals surface area contributed by atoms with Gasteiger partial charge in [0.15, 0.2) is 0 Å². The molecule has 0 spiro atoms. The van der Waals surface area contributed by atoms with Gasteiger partial charge in [0.25, 0.3) is 0 Å². The fraction of sp³-hybridized carbons (Fsp3) is 0.167. The highest BCUT2D eigenvalue weighted by Gasteiger charge is 2.09. The third-order valence-electron chi connectivity index (χ3n) is 2.39. The highest BCUT2D eigenvalue weighted by Crippen LogP contribution is 2.24. The number of halogens is 3. The van der Waals surface area contributed by atoms with Crippen LogP contribution in [0.15, 0.2) is 39.4 Å². The molecule has 1 aromatic heterocycles. The molecule has 0 radical (unpaired) electrons. The Morgan fingerprint density at radius 1 is 1.22 bits per heavy atom. The molecule has 0 saturated carbocycles. The van der Waals surface area contributed by atoms with E-state index >= 15 is 0 Å². The van der Waals surface area contributed by atoms with Crippen LogP contribution >= 0.6 is 43.5 Å². The maximum Gasteiger partial charge on any atom is 0.224 e. The van der Waals surface area contributed by atoms with Gasteiger partial charge in [0, 0.05) is 24.3 Å². The first kappa shape index (κ1) is 13.8. The Balaban J connectivity index is 2.18. The van der Waals surface area contributed by atoms with Crippen LogP contribution in [0.2, 0.25) is 5.28 Å². The average molecular weight is 391 g/mol. The van der Waals surface area contributed by atoms with Crippen LogP contribution in [0.25, 0.3) is 0 Å². The van der Waals surface area contributed by atoms with Crippen LogP contribution < -0.4 is 4.90 Å². The molecule has 0 aliphatic carbocycles. The largest absolute Gasteiger partial charge is 0.354 e. The van der Waals surface area contributed by atoms with Gasteiger partial charge in [-0.3, -0.25) is 0 Å². The van der Waals surface area contributed by atoms with Gasteiger partial charge in [-0.05, 0) is 45.2 Å². The van der Waals surface area contributed by atoms with E-state index in [1.165, 1.54) is 5.56 Å². The third kappa shape index (κ3) is 3.43. The van der Waals surface area contributed by atoms with Crippen molar-refractivity contribution in [3.05, 3.63) is 50.3 Å². The van der Waals surface area contributed by atoms with Gasteiger partial charge in [-0.25, -0.2) is 4.98 Å². The van der Waals surface area contributed by atoms with Gasteiger partial charge in [0.2, 0.25) is 5.28 Å². The van der Waals surface area contributed by atoms with Crippen molar-refractivity contribution >= 4 is 49.3 Å². The first-order chi connectivity index (χ1) is 8.56. The van der Waals surface area contributed by atoms with E-state index in [9.17, 15) is 0 Å². The molecule has 0 N–H and O–H groups in total. The molecule has 2 aromatic rings. The summed E-state index contributed by atoms with van der Waals surface area (Å²) < 4.78 is 1.90. The lowest BCUT2D eigenvalue weighted by atomic mass is 10.2. The fourth-order valence-electron chi connectivity index (χ4n) is 1.54. The normalized spacial score (nSPS) is 10.4. The second-order valence-corrected chi connectivity index (χ2v) is 5.90. The molecule has 6 heteroatoms. The first-order valence-corrected chi connectivity index (χ1v) is 7.16. The van der Waals surface area contributed by atoms with Crippen molar-refractivity contribution in [1.82, 2.24) is 9.97 Å². The lowest BCUT2D eigenvalue weighted by Gasteiger charge is -2.19. The third-order valence-corrected chi connectivity index (χ3v) is 3.66. The Bertz CT molecular complexity index is 546. The van der Waals surface area contributed by atoms with Crippen molar-refractivity contribution in [3.63, 3.8) is 0 Å². The minimum Gasteiger partial charge on any atom is -0.354 e. The minimum absolute atomic E-state index is 0.246. The second kappa shape index (κ2) is 5.99. The highest BCUT2D eigenvalue weighted by molar-refractivity contribution is 9.10. The van der Waals surface area contributed by atoms with E-state index in [-0.39, 0.29) is 5.28 Å². The number of rotatable bonds is 3. The summed E-state index contributed by atoms with van der Waals surface area (Å²) in [7, 11) is 1.96. The van der Waals surface area contributed by atoms with Crippen molar-refractivity contribution in [2.75, 3.05) is 11.9 Å². The molecule has 0 aliphatic rings. The molecule has 0 saturated heterocycles. The van der Waals surface area contributed by atoms with E-state index in [1.807, 2.05) is 24.1 Å². The van der Waals surface area contributed by atoms with Crippen molar-refractivity contribution < 1.29 is 0 Å². The lowest BCUT2D eigenvalue weighted by Crippen LogP contribution is -2.18. The standard InChI is InChI=1S/C12H10Br2ClN3/c1-18(7-8-2-4-9(13)5-3-8)11-10(14)6-16-12(15)17-11/h2-6H,7H2,1H3. The molecule has 0 amide bonds. The number of anilines is 1. The maximum atomic E-state index is 5.81. The summed E-state index contributed by atoms with van der Waals surface area (Å²) in [4.78, 5) is 10.1. The quantitative estimate of drug-likeness (QED) is 0.731. The molecule has 0 atom stereocenters. The van der Waals surface area contributed by atoms with Gasteiger partial charge in [-0.2, -0.15) is 4.98 Å². The van der Waals surface area contributed by atoms with Gasteiger partial charge < -0.3 is 4.90 Å². The number of benzene rings is 1. The van der Waals surface area contributed by atoms with E-state index in [1.54, 1.807) is 6.20 Å². The predicted octanol–water partition coefficient (Wildman–Crippen LogP) is 4.29. The Kier molecular flexibility index (Phi) is 4.59. The van der Waals surface area contributed by atoms with Crippen molar-refractivity contribution in [2.24, 2.45) is 0 Å². The summed E-state index contributed by atoms with van der Waals surface area (Å²) in [5.74, 6) is 0.776. The summed E-state index contributed by atoms with van der Waals surface area (Å²) >= 11 is 12.7. The molecule has 0 bridgehead atoms. The number of hydrogen-bond acceptors (Lipinski definition) is 3. The summed E-state index contributed by atoms with van der Waals surface area (Å²) in [5, 5.41) is 0.246. The molecule has 18 heavy (non-hydrogen) atoms. The molecular formula is C12H10Br2ClN3. The molecule has 0 fully saturated rings. The van der Waals surface area contributed by atoms with Gasteiger partial charge in [0.1, 0.15) is 5.82 Å². The van der Waals surface area contributed by atoms with Gasteiger partial charge in [-0.1, -0.05) is 28.1 Å². The molecule has 3 nitrogen and oxygen atoms in total. The second-order valence-electron chi connectivity index (χ2n) is 3.79. The molecular weight excluding hydrogens is 381 g/mol. The van der Waals surface area contributed by atoms with Gasteiger partial charge in [-0.15, -0.1) is 0 Å². The van der Waals surface area contributed by atoms with Crippen molar-refractivity contribution in [3.8, 4) is 0 Å². The van der Waals surface area contributed by atoms with Crippen molar-refractivity contribution in [2.45, 2.75) is 6.54 Å². The topological polar surface area (TPSA) is 29.0 Å². The number of aromatic nitrogens is 2. The van der Waals surface area contributed by atoms with E-state index in [2.05, 4.69) is 54.0 Å². The zero-order valence-electron chi connectivity index (χ0n) is 9.57. The Hall–Kier alpha value is -0.650. The molecule has 1 aromatic carbocycles. The van der Waals surface area contributed by atoms with Gasteiger partial charge in [0.05, 0.1) is 4.47 Å². The van der Waals surface area contributed by atoms with Crippen molar-refractivity contribution in [1.29, 1.82) is 0 Å². The average Bonchev–Trinajstić information content (AvgIpc) is 2.35. The van der Waals surface area contributed by atoms with E-state index < -0.39 is 0 Å². The summed E-state index contributed by atoms with van der Waals surface area (Å²) in [6, 6.07) is 8.17. The first-order valence-electron chi connectivity index (χ1n) is 5.20. The number of nitrogens with zero attached hydrogens (tertiary/aromatic N) is 3. The fourth-order valence-corrected chi connectivity index (χ4v) is 2.43. The van der Waals surface area contributed by atoms with Crippen LogP contribution in [0.1, 0.15) is 5.56 Å².